The first-order valence-electron chi connectivity index (χ1n) is 4.68. The molecule has 0 aliphatic rings. The Morgan fingerprint density at radius 3 is 2.41 bits per heavy atom. The molecular weight excluding hydrogens is 237 g/mol. The van der Waals surface area contributed by atoms with Crippen LogP contribution < -0.4 is 11.5 Å². The maximum atomic E-state index is 12.7. The van der Waals surface area contributed by atoms with Crippen LogP contribution in [0.2, 0.25) is 0 Å². The van der Waals surface area contributed by atoms with Crippen LogP contribution in [0, 0.1) is 0 Å². The number of halogens is 3. The third-order valence-corrected chi connectivity index (χ3v) is 2.09. The summed E-state index contributed by atoms with van der Waals surface area (Å²) < 4.78 is 42.5. The maximum absolute atomic E-state index is 12.7. The molecule has 7 heteroatoms. The van der Waals surface area contributed by atoms with Crippen molar-refractivity contribution in [2.75, 3.05) is 6.54 Å². The first kappa shape index (κ1) is 13.3. The minimum Gasteiger partial charge on any atom is -0.440 e. The van der Waals surface area contributed by atoms with E-state index in [1.165, 1.54) is 18.2 Å². The van der Waals surface area contributed by atoms with Crippen LogP contribution in [0.4, 0.5) is 18.0 Å². The lowest BCUT2D eigenvalue weighted by Gasteiger charge is -2.19. The van der Waals surface area contributed by atoms with E-state index in [2.05, 4.69) is 4.74 Å². The molecule has 4 nitrogen and oxygen atoms in total. The molecule has 0 bridgehead atoms. The van der Waals surface area contributed by atoms with Crippen LogP contribution in [0.25, 0.3) is 0 Å². The summed E-state index contributed by atoms with van der Waals surface area (Å²) in [5.74, 6) is 0. The van der Waals surface area contributed by atoms with E-state index in [4.69, 9.17) is 11.5 Å². The molecule has 0 aliphatic heterocycles. The molecule has 1 rings (SSSR count). The van der Waals surface area contributed by atoms with Gasteiger partial charge in [0.05, 0.1) is 5.56 Å². The van der Waals surface area contributed by atoms with Gasteiger partial charge in [0.1, 0.15) is 6.10 Å². The molecule has 0 heterocycles. The first-order chi connectivity index (χ1) is 7.86. The second kappa shape index (κ2) is 5.05. The van der Waals surface area contributed by atoms with Gasteiger partial charge < -0.3 is 16.2 Å². The molecule has 0 saturated carbocycles. The molecular formula is C10H11F3N2O2. The van der Waals surface area contributed by atoms with Crippen molar-refractivity contribution in [3.05, 3.63) is 35.4 Å². The Labute approximate surface area is 95.3 Å². The highest BCUT2D eigenvalue weighted by atomic mass is 19.4. The quantitative estimate of drug-likeness (QED) is 0.856. The van der Waals surface area contributed by atoms with Gasteiger partial charge in [0.2, 0.25) is 0 Å². The number of amides is 1. The average Bonchev–Trinajstić information content (AvgIpc) is 2.24. The molecule has 4 N–H and O–H groups in total. The van der Waals surface area contributed by atoms with Crippen LogP contribution in [-0.4, -0.2) is 12.6 Å². The van der Waals surface area contributed by atoms with Gasteiger partial charge in [-0.25, -0.2) is 4.79 Å². The number of carbonyl (C=O) groups is 1. The van der Waals surface area contributed by atoms with Crippen LogP contribution in [0.5, 0.6) is 0 Å². The highest BCUT2D eigenvalue weighted by molar-refractivity contribution is 5.65. The summed E-state index contributed by atoms with van der Waals surface area (Å²) in [6.07, 6.45) is -6.91. The lowest BCUT2D eigenvalue weighted by atomic mass is 10.0. The Morgan fingerprint density at radius 2 is 1.94 bits per heavy atom. The molecule has 17 heavy (non-hydrogen) atoms. The summed E-state index contributed by atoms with van der Waals surface area (Å²) in [4.78, 5) is 10.6. The Kier molecular flexibility index (Phi) is 3.95. The van der Waals surface area contributed by atoms with Crippen LogP contribution in [-0.2, 0) is 10.9 Å². The number of ether oxygens (including phenoxy) is 1. The van der Waals surface area contributed by atoms with Crippen LogP contribution >= 0.6 is 0 Å². The van der Waals surface area contributed by atoms with E-state index in [0.717, 1.165) is 6.07 Å². The minimum absolute atomic E-state index is 0.207. The number of nitrogens with two attached hydrogens (primary N) is 2. The third-order valence-electron chi connectivity index (χ3n) is 2.09. The van der Waals surface area contributed by atoms with Gasteiger partial charge in [-0.05, 0) is 6.07 Å². The SMILES string of the molecule is NC[C@@H](OC(N)=O)c1ccccc1C(F)(F)F. The van der Waals surface area contributed by atoms with Gasteiger partial charge in [-0.15, -0.1) is 0 Å². The van der Waals surface area contributed by atoms with E-state index in [1.54, 1.807) is 0 Å². The fraction of sp³-hybridized carbons (Fsp3) is 0.300. The number of benzene rings is 1. The lowest BCUT2D eigenvalue weighted by Crippen LogP contribution is -2.25. The van der Waals surface area contributed by atoms with Crippen molar-refractivity contribution < 1.29 is 22.7 Å². The molecule has 0 aromatic heterocycles. The largest absolute Gasteiger partial charge is 0.440 e. The summed E-state index contributed by atoms with van der Waals surface area (Å²) >= 11 is 0. The predicted octanol–water partition coefficient (Wildman–Crippen LogP) is 1.80. The molecule has 1 atom stereocenters. The number of carbonyl (C=O) groups excluding carboxylic acids is 1. The minimum atomic E-state index is -4.54. The molecule has 1 amide bonds. The van der Waals surface area contributed by atoms with Gasteiger partial charge in [0.15, 0.2) is 0 Å². The van der Waals surface area contributed by atoms with Crippen molar-refractivity contribution in [3.63, 3.8) is 0 Å². The van der Waals surface area contributed by atoms with Gasteiger partial charge in [0.25, 0.3) is 0 Å². The Balaban J connectivity index is 3.15. The van der Waals surface area contributed by atoms with E-state index in [1.807, 2.05) is 0 Å². The van der Waals surface area contributed by atoms with Crippen molar-refractivity contribution in [1.29, 1.82) is 0 Å². The summed E-state index contributed by atoms with van der Waals surface area (Å²) in [6.45, 7) is -0.282. The van der Waals surface area contributed by atoms with Gasteiger partial charge in [-0.1, -0.05) is 18.2 Å². The van der Waals surface area contributed by atoms with Gasteiger partial charge >= 0.3 is 12.3 Å². The van der Waals surface area contributed by atoms with Crippen LogP contribution in [0.3, 0.4) is 0 Å². The fourth-order valence-electron chi connectivity index (χ4n) is 1.41. The Hall–Kier alpha value is -1.76. The van der Waals surface area contributed by atoms with Crippen LogP contribution in [0.1, 0.15) is 17.2 Å². The monoisotopic (exact) mass is 248 g/mol. The molecule has 0 radical (unpaired) electrons. The number of hydrogen-bond donors (Lipinski definition) is 2. The molecule has 1 aromatic carbocycles. The average molecular weight is 248 g/mol. The molecule has 1 aromatic rings. The van der Waals surface area contributed by atoms with E-state index in [9.17, 15) is 18.0 Å². The highest BCUT2D eigenvalue weighted by Crippen LogP contribution is 2.35. The summed E-state index contributed by atoms with van der Waals surface area (Å²) in [6, 6.07) is 4.73. The van der Waals surface area contributed by atoms with E-state index >= 15 is 0 Å². The van der Waals surface area contributed by atoms with Crippen molar-refractivity contribution in [3.8, 4) is 0 Å². The molecule has 94 valence electrons. The summed E-state index contributed by atoms with van der Waals surface area (Å²) in [5, 5.41) is 0. The van der Waals surface area contributed by atoms with Gasteiger partial charge in [-0.3, -0.25) is 0 Å². The van der Waals surface area contributed by atoms with Crippen molar-refractivity contribution in [2.24, 2.45) is 11.5 Å². The van der Waals surface area contributed by atoms with Crippen molar-refractivity contribution in [1.82, 2.24) is 0 Å². The topological polar surface area (TPSA) is 78.3 Å². The second-order valence-corrected chi connectivity index (χ2v) is 3.25. The zero-order valence-electron chi connectivity index (χ0n) is 8.70. The second-order valence-electron chi connectivity index (χ2n) is 3.25. The van der Waals surface area contributed by atoms with E-state index in [0.29, 0.717) is 0 Å². The lowest BCUT2D eigenvalue weighted by molar-refractivity contribution is -0.139. The van der Waals surface area contributed by atoms with E-state index < -0.39 is 23.9 Å². The van der Waals surface area contributed by atoms with Gasteiger partial charge in [0, 0.05) is 12.1 Å². The fourth-order valence-corrected chi connectivity index (χ4v) is 1.41. The molecule has 0 fully saturated rings. The molecule has 0 aliphatic carbocycles. The normalized spacial score (nSPS) is 13.2. The molecule has 0 spiro atoms. The summed E-state index contributed by atoms with van der Waals surface area (Å²) in [5.41, 5.74) is 8.93. The van der Waals surface area contributed by atoms with Crippen molar-refractivity contribution >= 4 is 6.09 Å². The standard InChI is InChI=1S/C10H11F3N2O2/c11-10(12,13)7-4-2-1-3-6(7)8(5-14)17-9(15)16/h1-4,8H,5,14H2,(H2,15,16)/t8-/m1/s1. The number of primary amides is 1. The number of hydrogen-bond acceptors (Lipinski definition) is 3. The highest BCUT2D eigenvalue weighted by Gasteiger charge is 2.35. The zero-order chi connectivity index (χ0) is 13.1. The van der Waals surface area contributed by atoms with E-state index in [-0.39, 0.29) is 12.1 Å². The summed E-state index contributed by atoms with van der Waals surface area (Å²) in [7, 11) is 0. The smallest absolute Gasteiger partial charge is 0.416 e. The third kappa shape index (κ3) is 3.35. The molecule has 0 saturated heterocycles. The molecule has 0 unspecified atom stereocenters. The predicted molar refractivity (Wildman–Crippen MR) is 53.9 cm³/mol. The number of rotatable bonds is 3. The first-order valence-corrected chi connectivity index (χ1v) is 4.68. The van der Waals surface area contributed by atoms with Crippen LogP contribution in [0.15, 0.2) is 24.3 Å². The maximum Gasteiger partial charge on any atom is 0.416 e. The van der Waals surface area contributed by atoms with Crippen molar-refractivity contribution in [2.45, 2.75) is 12.3 Å². The Bertz CT molecular complexity index is 407. The zero-order valence-corrected chi connectivity index (χ0v) is 8.70. The van der Waals surface area contributed by atoms with Gasteiger partial charge in [-0.2, -0.15) is 13.2 Å². The number of alkyl halides is 3. The Morgan fingerprint density at radius 1 is 1.35 bits per heavy atom.